The fraction of sp³-hybridized carbons (Fsp3) is 0.167. The first-order valence-corrected chi connectivity index (χ1v) is 5.18. The van der Waals surface area contributed by atoms with Gasteiger partial charge in [-0.3, -0.25) is 4.79 Å². The Bertz CT molecular complexity index is 500. The van der Waals surface area contributed by atoms with Crippen LogP contribution in [-0.4, -0.2) is 10.9 Å². The third kappa shape index (κ3) is 2.84. The number of hydrogen-bond donors (Lipinski definition) is 2. The first-order chi connectivity index (χ1) is 8.15. The molecule has 0 unspecified atom stereocenters. The SMILES string of the molecule is Cc1cc(C(=O)NCc2ccoc2)cc(N)n1. The van der Waals surface area contributed by atoms with E-state index in [2.05, 4.69) is 10.3 Å². The van der Waals surface area contributed by atoms with Gasteiger partial charge in [-0.15, -0.1) is 0 Å². The highest BCUT2D eigenvalue weighted by atomic mass is 16.3. The van der Waals surface area contributed by atoms with Crippen molar-refractivity contribution < 1.29 is 9.21 Å². The number of carbonyl (C=O) groups excluding carboxylic acids is 1. The molecule has 0 fully saturated rings. The monoisotopic (exact) mass is 231 g/mol. The summed E-state index contributed by atoms with van der Waals surface area (Å²) in [5, 5.41) is 2.77. The van der Waals surface area contributed by atoms with Crippen LogP contribution >= 0.6 is 0 Å². The third-order valence-corrected chi connectivity index (χ3v) is 2.27. The molecule has 3 N–H and O–H groups in total. The number of nitrogens with zero attached hydrogens (tertiary/aromatic N) is 1. The van der Waals surface area contributed by atoms with Crippen molar-refractivity contribution in [1.29, 1.82) is 0 Å². The molecule has 2 aromatic rings. The van der Waals surface area contributed by atoms with Crippen LogP contribution < -0.4 is 11.1 Å². The zero-order valence-electron chi connectivity index (χ0n) is 9.43. The average molecular weight is 231 g/mol. The molecule has 0 aliphatic heterocycles. The Morgan fingerprint density at radius 2 is 2.35 bits per heavy atom. The minimum atomic E-state index is -0.177. The number of pyridine rings is 1. The van der Waals surface area contributed by atoms with Crippen molar-refractivity contribution in [2.24, 2.45) is 0 Å². The van der Waals surface area contributed by atoms with Gasteiger partial charge in [0.2, 0.25) is 0 Å². The molecule has 2 aromatic heterocycles. The maximum absolute atomic E-state index is 11.8. The molecule has 0 bridgehead atoms. The van der Waals surface area contributed by atoms with Crippen LogP contribution in [0.5, 0.6) is 0 Å². The largest absolute Gasteiger partial charge is 0.472 e. The molecule has 5 nitrogen and oxygen atoms in total. The molecule has 0 aromatic carbocycles. The molecule has 0 spiro atoms. The second kappa shape index (κ2) is 4.69. The van der Waals surface area contributed by atoms with Gasteiger partial charge in [0.05, 0.1) is 12.5 Å². The Labute approximate surface area is 98.6 Å². The number of nitrogen functional groups attached to an aromatic ring is 1. The highest BCUT2D eigenvalue weighted by molar-refractivity contribution is 5.94. The summed E-state index contributed by atoms with van der Waals surface area (Å²) < 4.78 is 4.91. The number of hydrogen-bond acceptors (Lipinski definition) is 4. The molecular weight excluding hydrogens is 218 g/mol. The first-order valence-electron chi connectivity index (χ1n) is 5.18. The van der Waals surface area contributed by atoms with Gasteiger partial charge in [0.1, 0.15) is 5.82 Å². The third-order valence-electron chi connectivity index (χ3n) is 2.27. The van der Waals surface area contributed by atoms with Crippen molar-refractivity contribution in [3.63, 3.8) is 0 Å². The first kappa shape index (κ1) is 11.2. The van der Waals surface area contributed by atoms with Crippen LogP contribution in [0.25, 0.3) is 0 Å². The van der Waals surface area contributed by atoms with E-state index in [0.29, 0.717) is 17.9 Å². The predicted molar refractivity (Wildman–Crippen MR) is 63.3 cm³/mol. The minimum absolute atomic E-state index is 0.177. The highest BCUT2D eigenvalue weighted by Crippen LogP contribution is 2.07. The molecule has 17 heavy (non-hydrogen) atoms. The zero-order valence-corrected chi connectivity index (χ0v) is 9.43. The van der Waals surface area contributed by atoms with E-state index < -0.39 is 0 Å². The maximum atomic E-state index is 11.8. The molecule has 2 heterocycles. The summed E-state index contributed by atoms with van der Waals surface area (Å²) in [4.78, 5) is 15.8. The summed E-state index contributed by atoms with van der Waals surface area (Å²) in [6, 6.07) is 5.05. The van der Waals surface area contributed by atoms with Crippen LogP contribution in [0.2, 0.25) is 0 Å². The Kier molecular flexibility index (Phi) is 3.09. The van der Waals surface area contributed by atoms with E-state index in [1.54, 1.807) is 37.6 Å². The van der Waals surface area contributed by atoms with Gasteiger partial charge < -0.3 is 15.5 Å². The van der Waals surface area contributed by atoms with Gasteiger partial charge in [0.25, 0.3) is 5.91 Å². The predicted octanol–water partition coefficient (Wildman–Crippen LogP) is 1.50. The van der Waals surface area contributed by atoms with Crippen LogP contribution in [0.15, 0.2) is 35.1 Å². The van der Waals surface area contributed by atoms with Crippen molar-refractivity contribution in [2.45, 2.75) is 13.5 Å². The van der Waals surface area contributed by atoms with E-state index in [1.807, 2.05) is 0 Å². The summed E-state index contributed by atoms with van der Waals surface area (Å²) in [6.07, 6.45) is 3.16. The Morgan fingerprint density at radius 3 is 3.00 bits per heavy atom. The number of anilines is 1. The number of nitrogens with two attached hydrogens (primary N) is 1. The van der Waals surface area contributed by atoms with E-state index in [-0.39, 0.29) is 5.91 Å². The normalized spacial score (nSPS) is 10.2. The lowest BCUT2D eigenvalue weighted by molar-refractivity contribution is 0.0950. The lowest BCUT2D eigenvalue weighted by Crippen LogP contribution is -2.22. The summed E-state index contributed by atoms with van der Waals surface area (Å²) in [6.45, 7) is 2.22. The molecule has 0 saturated carbocycles. The van der Waals surface area contributed by atoms with Gasteiger partial charge in [0.15, 0.2) is 0 Å². The van der Waals surface area contributed by atoms with Gasteiger partial charge in [-0.2, -0.15) is 0 Å². The van der Waals surface area contributed by atoms with Gasteiger partial charge in [-0.25, -0.2) is 4.98 Å². The molecule has 0 atom stereocenters. The van der Waals surface area contributed by atoms with Crippen LogP contribution in [0.4, 0.5) is 5.82 Å². The minimum Gasteiger partial charge on any atom is -0.472 e. The fourth-order valence-electron chi connectivity index (χ4n) is 1.50. The second-order valence-electron chi connectivity index (χ2n) is 3.74. The molecule has 1 amide bonds. The number of furan rings is 1. The van der Waals surface area contributed by atoms with Crippen molar-refractivity contribution in [3.05, 3.63) is 47.5 Å². The lowest BCUT2D eigenvalue weighted by atomic mass is 10.2. The number of aromatic nitrogens is 1. The maximum Gasteiger partial charge on any atom is 0.251 e. The van der Waals surface area contributed by atoms with Crippen molar-refractivity contribution >= 4 is 11.7 Å². The van der Waals surface area contributed by atoms with Crippen molar-refractivity contribution in [3.8, 4) is 0 Å². The van der Waals surface area contributed by atoms with E-state index in [4.69, 9.17) is 10.2 Å². The van der Waals surface area contributed by atoms with Gasteiger partial charge in [-0.1, -0.05) is 0 Å². The smallest absolute Gasteiger partial charge is 0.251 e. The van der Waals surface area contributed by atoms with Crippen LogP contribution in [0.1, 0.15) is 21.6 Å². The number of aryl methyl sites for hydroxylation is 1. The van der Waals surface area contributed by atoms with E-state index >= 15 is 0 Å². The Hall–Kier alpha value is -2.30. The van der Waals surface area contributed by atoms with Crippen LogP contribution in [0.3, 0.4) is 0 Å². The molecule has 0 radical (unpaired) electrons. The Balaban J connectivity index is 2.04. The second-order valence-corrected chi connectivity index (χ2v) is 3.74. The van der Waals surface area contributed by atoms with Gasteiger partial charge >= 0.3 is 0 Å². The van der Waals surface area contributed by atoms with Gasteiger partial charge in [0, 0.05) is 23.4 Å². The quantitative estimate of drug-likeness (QED) is 0.838. The highest BCUT2D eigenvalue weighted by Gasteiger charge is 2.07. The summed E-state index contributed by atoms with van der Waals surface area (Å²) >= 11 is 0. The molecule has 2 rings (SSSR count). The Morgan fingerprint density at radius 1 is 1.53 bits per heavy atom. The molecule has 0 aliphatic rings. The van der Waals surface area contributed by atoms with Crippen LogP contribution in [0, 0.1) is 6.92 Å². The van der Waals surface area contributed by atoms with Crippen molar-refractivity contribution in [2.75, 3.05) is 5.73 Å². The van der Waals surface area contributed by atoms with E-state index in [1.165, 1.54) is 0 Å². The molecule has 88 valence electrons. The topological polar surface area (TPSA) is 81.2 Å². The summed E-state index contributed by atoms with van der Waals surface area (Å²) in [5.41, 5.74) is 7.73. The lowest BCUT2D eigenvalue weighted by Gasteiger charge is -2.05. The summed E-state index contributed by atoms with van der Waals surface area (Å²) in [7, 11) is 0. The van der Waals surface area contributed by atoms with Crippen LogP contribution in [-0.2, 0) is 6.54 Å². The standard InChI is InChI=1S/C12H13N3O2/c1-8-4-10(5-11(13)15-8)12(16)14-6-9-2-3-17-7-9/h2-5,7H,6H2,1H3,(H2,13,15)(H,14,16). The number of carbonyl (C=O) groups is 1. The van der Waals surface area contributed by atoms with E-state index in [9.17, 15) is 4.79 Å². The average Bonchev–Trinajstić information content (AvgIpc) is 2.77. The number of nitrogens with one attached hydrogen (secondary N) is 1. The van der Waals surface area contributed by atoms with E-state index in [0.717, 1.165) is 11.3 Å². The van der Waals surface area contributed by atoms with Crippen molar-refractivity contribution in [1.82, 2.24) is 10.3 Å². The van der Waals surface area contributed by atoms with Gasteiger partial charge in [-0.05, 0) is 25.1 Å². The number of rotatable bonds is 3. The fourth-order valence-corrected chi connectivity index (χ4v) is 1.50. The molecule has 0 aliphatic carbocycles. The molecule has 5 heteroatoms. The molecule has 0 saturated heterocycles. The summed E-state index contributed by atoms with van der Waals surface area (Å²) in [5.74, 6) is 0.168. The zero-order chi connectivity index (χ0) is 12.3. The molecular formula is C12H13N3O2. The number of amides is 1.